The second-order valence-electron chi connectivity index (χ2n) is 8.48. The molecule has 1 fully saturated rings. The van der Waals surface area contributed by atoms with Crippen LogP contribution in [0.25, 0.3) is 10.9 Å². The van der Waals surface area contributed by atoms with E-state index in [1.165, 1.54) is 0 Å². The molecule has 1 amide bonds. The highest BCUT2D eigenvalue weighted by atomic mass is 16.7. The molecule has 0 bridgehead atoms. The molecule has 0 saturated carbocycles. The van der Waals surface area contributed by atoms with Gasteiger partial charge in [-0.2, -0.15) is 0 Å². The molecule has 0 unspecified atom stereocenters. The zero-order chi connectivity index (χ0) is 20.5. The van der Waals surface area contributed by atoms with E-state index in [0.717, 1.165) is 16.6 Å². The minimum absolute atomic E-state index is 0.0963. The highest BCUT2D eigenvalue weighted by Gasteiger charge is 2.49. The number of benzene rings is 1. The summed E-state index contributed by atoms with van der Waals surface area (Å²) >= 11 is 0. The highest BCUT2D eigenvalue weighted by molar-refractivity contribution is 5.80. The van der Waals surface area contributed by atoms with Crippen LogP contribution in [0.15, 0.2) is 30.3 Å². The van der Waals surface area contributed by atoms with Crippen LogP contribution in [0.1, 0.15) is 46.4 Å². The van der Waals surface area contributed by atoms with Gasteiger partial charge in [0.2, 0.25) is 0 Å². The summed E-state index contributed by atoms with van der Waals surface area (Å²) in [6, 6.07) is 9.67. The molecule has 154 valence electrons. The van der Waals surface area contributed by atoms with E-state index in [4.69, 9.17) is 18.9 Å². The van der Waals surface area contributed by atoms with E-state index >= 15 is 0 Å². The summed E-state index contributed by atoms with van der Waals surface area (Å²) in [5, 5.41) is 1.07. The van der Waals surface area contributed by atoms with Crippen molar-refractivity contribution in [2.75, 3.05) is 20.5 Å². The summed E-state index contributed by atoms with van der Waals surface area (Å²) < 4.78 is 22.8. The molecule has 1 aliphatic rings. The first-order valence-electron chi connectivity index (χ1n) is 9.47. The number of H-pyrrole nitrogens is 1. The van der Waals surface area contributed by atoms with Crippen LogP contribution in [-0.2, 0) is 18.9 Å². The smallest absolute Gasteiger partial charge is 0.413 e. The van der Waals surface area contributed by atoms with E-state index in [-0.39, 0.29) is 12.8 Å². The monoisotopic (exact) mass is 390 g/mol. The Morgan fingerprint density at radius 3 is 2.71 bits per heavy atom. The molecule has 1 aliphatic heterocycles. The number of para-hydroxylation sites is 1. The van der Waals surface area contributed by atoms with Crippen LogP contribution in [-0.4, -0.2) is 53.9 Å². The Bertz CT molecular complexity index is 791. The molecule has 7 nitrogen and oxygen atoms in total. The van der Waals surface area contributed by atoms with Gasteiger partial charge in [0.1, 0.15) is 24.2 Å². The lowest BCUT2D eigenvalue weighted by Gasteiger charge is -2.37. The van der Waals surface area contributed by atoms with Crippen molar-refractivity contribution >= 4 is 17.0 Å². The third-order valence-electron chi connectivity index (χ3n) is 4.68. The number of rotatable bonds is 5. The number of hydrogen-bond acceptors (Lipinski definition) is 5. The SMILES string of the molecule is COCO[C@H](c1cc2ccccc2[nH]1)[C@@H]1COC(C)(C)N1C(=O)OC(C)(C)C. The van der Waals surface area contributed by atoms with E-state index in [0.29, 0.717) is 6.61 Å². The van der Waals surface area contributed by atoms with Gasteiger partial charge < -0.3 is 23.9 Å². The lowest BCUT2D eigenvalue weighted by Crippen LogP contribution is -2.51. The third-order valence-corrected chi connectivity index (χ3v) is 4.68. The number of methoxy groups -OCH3 is 1. The van der Waals surface area contributed by atoms with E-state index < -0.39 is 23.5 Å². The molecule has 0 spiro atoms. The molecular weight excluding hydrogens is 360 g/mol. The molecular formula is C21H30N2O5. The van der Waals surface area contributed by atoms with Crippen molar-refractivity contribution in [3.05, 3.63) is 36.0 Å². The van der Waals surface area contributed by atoms with Crippen molar-refractivity contribution < 1.29 is 23.7 Å². The van der Waals surface area contributed by atoms with Gasteiger partial charge in [-0.15, -0.1) is 0 Å². The Balaban J connectivity index is 1.96. The number of amides is 1. The molecule has 1 aromatic heterocycles. The fourth-order valence-corrected chi connectivity index (χ4v) is 3.52. The average molecular weight is 390 g/mol. The van der Waals surface area contributed by atoms with Gasteiger partial charge in [0.15, 0.2) is 0 Å². The molecule has 0 radical (unpaired) electrons. The summed E-state index contributed by atoms with van der Waals surface area (Å²) in [6.45, 7) is 9.68. The fourth-order valence-electron chi connectivity index (χ4n) is 3.52. The zero-order valence-electron chi connectivity index (χ0n) is 17.4. The van der Waals surface area contributed by atoms with Gasteiger partial charge in [-0.25, -0.2) is 4.79 Å². The quantitative estimate of drug-likeness (QED) is 0.775. The first kappa shape index (κ1) is 20.6. The van der Waals surface area contributed by atoms with Crippen molar-refractivity contribution in [1.29, 1.82) is 0 Å². The summed E-state index contributed by atoms with van der Waals surface area (Å²) in [5.41, 5.74) is 0.446. The summed E-state index contributed by atoms with van der Waals surface area (Å²) in [6.07, 6.45) is -0.885. The third kappa shape index (κ3) is 4.32. The number of aromatic nitrogens is 1. The molecule has 0 aliphatic carbocycles. The Morgan fingerprint density at radius 1 is 1.36 bits per heavy atom. The fraction of sp³-hybridized carbons (Fsp3) is 0.571. The summed E-state index contributed by atoms with van der Waals surface area (Å²) in [7, 11) is 1.57. The van der Waals surface area contributed by atoms with Gasteiger partial charge in [-0.05, 0) is 52.1 Å². The molecule has 1 aromatic carbocycles. The van der Waals surface area contributed by atoms with E-state index in [2.05, 4.69) is 4.98 Å². The molecule has 2 atom stereocenters. The van der Waals surface area contributed by atoms with Gasteiger partial charge in [0, 0.05) is 18.3 Å². The van der Waals surface area contributed by atoms with Gasteiger partial charge in [0.25, 0.3) is 0 Å². The first-order chi connectivity index (χ1) is 13.1. The number of carbonyl (C=O) groups is 1. The summed E-state index contributed by atoms with van der Waals surface area (Å²) in [4.78, 5) is 18.0. The molecule has 28 heavy (non-hydrogen) atoms. The minimum Gasteiger partial charge on any atom is -0.444 e. The molecule has 2 heterocycles. The normalized spacial score (nSPS) is 20.5. The number of carbonyl (C=O) groups excluding carboxylic acids is 1. The van der Waals surface area contributed by atoms with Crippen LogP contribution in [0.3, 0.4) is 0 Å². The highest BCUT2D eigenvalue weighted by Crippen LogP contribution is 2.37. The maximum Gasteiger partial charge on any atom is 0.413 e. The van der Waals surface area contributed by atoms with Gasteiger partial charge in [0.05, 0.1) is 12.6 Å². The van der Waals surface area contributed by atoms with Gasteiger partial charge in [-0.1, -0.05) is 18.2 Å². The molecule has 1 N–H and O–H groups in total. The number of ether oxygens (including phenoxy) is 4. The number of nitrogens with zero attached hydrogens (tertiary/aromatic N) is 1. The van der Waals surface area contributed by atoms with Crippen molar-refractivity contribution in [3.63, 3.8) is 0 Å². The zero-order valence-corrected chi connectivity index (χ0v) is 17.4. The Hall–Kier alpha value is -2.09. The van der Waals surface area contributed by atoms with Crippen LogP contribution in [0.2, 0.25) is 0 Å². The van der Waals surface area contributed by atoms with E-state index in [9.17, 15) is 4.79 Å². The van der Waals surface area contributed by atoms with Crippen LogP contribution >= 0.6 is 0 Å². The van der Waals surface area contributed by atoms with Crippen LogP contribution in [0.5, 0.6) is 0 Å². The van der Waals surface area contributed by atoms with E-state index in [1.54, 1.807) is 12.0 Å². The maximum atomic E-state index is 13.0. The molecule has 7 heteroatoms. The van der Waals surface area contributed by atoms with Crippen LogP contribution in [0.4, 0.5) is 4.79 Å². The number of fused-ring (bicyclic) bond motifs is 1. The molecule has 3 rings (SSSR count). The van der Waals surface area contributed by atoms with Crippen molar-refractivity contribution in [3.8, 4) is 0 Å². The first-order valence-corrected chi connectivity index (χ1v) is 9.47. The second-order valence-corrected chi connectivity index (χ2v) is 8.48. The maximum absolute atomic E-state index is 13.0. The number of hydrogen-bond donors (Lipinski definition) is 1. The predicted octanol–water partition coefficient (Wildman–Crippen LogP) is 4.20. The molecule has 1 saturated heterocycles. The largest absolute Gasteiger partial charge is 0.444 e. The van der Waals surface area contributed by atoms with Crippen LogP contribution < -0.4 is 0 Å². The molecule has 2 aromatic rings. The lowest BCUT2D eigenvalue weighted by atomic mass is 10.1. The Kier molecular flexibility index (Phi) is 5.70. The number of nitrogens with one attached hydrogen (secondary N) is 1. The minimum atomic E-state index is -0.812. The van der Waals surface area contributed by atoms with Crippen molar-refractivity contribution in [2.24, 2.45) is 0 Å². The topological polar surface area (TPSA) is 73.0 Å². The Morgan fingerprint density at radius 2 is 2.07 bits per heavy atom. The standard InChI is InChI=1S/C21H30N2O5/c1-20(2,3)28-19(24)23-17(12-27-21(23,4)5)18(26-13-25-6)16-11-14-9-7-8-10-15(14)22-16/h7-11,17-18,22H,12-13H2,1-6H3/t17-,18+/m0/s1. The van der Waals surface area contributed by atoms with Crippen molar-refractivity contribution in [1.82, 2.24) is 9.88 Å². The number of aromatic amines is 1. The van der Waals surface area contributed by atoms with Gasteiger partial charge >= 0.3 is 6.09 Å². The van der Waals surface area contributed by atoms with Gasteiger partial charge in [-0.3, -0.25) is 4.90 Å². The Labute approximate surface area is 165 Å². The average Bonchev–Trinajstić information content (AvgIpc) is 3.14. The van der Waals surface area contributed by atoms with Crippen molar-refractivity contribution in [2.45, 2.75) is 58.1 Å². The summed E-state index contributed by atoms with van der Waals surface area (Å²) in [5.74, 6) is 0. The van der Waals surface area contributed by atoms with E-state index in [1.807, 2.05) is 65.0 Å². The lowest BCUT2D eigenvalue weighted by molar-refractivity contribution is -0.106. The predicted molar refractivity (Wildman–Crippen MR) is 106 cm³/mol. The second kappa shape index (κ2) is 7.73. The van der Waals surface area contributed by atoms with Crippen LogP contribution in [0, 0.1) is 0 Å².